The van der Waals surface area contributed by atoms with Gasteiger partial charge in [0, 0.05) is 18.0 Å². The van der Waals surface area contributed by atoms with Gasteiger partial charge in [-0.25, -0.2) is 14.6 Å². The number of methoxy groups -OCH3 is 1. The van der Waals surface area contributed by atoms with Crippen molar-refractivity contribution in [3.8, 4) is 23.1 Å². The molecule has 0 spiro atoms. The molecule has 0 aliphatic rings. The van der Waals surface area contributed by atoms with Gasteiger partial charge in [-0.1, -0.05) is 18.7 Å². The Morgan fingerprint density at radius 1 is 1.21 bits per heavy atom. The van der Waals surface area contributed by atoms with Crippen molar-refractivity contribution < 1.29 is 32.2 Å². The van der Waals surface area contributed by atoms with E-state index in [-0.39, 0.29) is 35.2 Å². The number of nitrogen functional groups attached to an aromatic ring is 2. The van der Waals surface area contributed by atoms with E-state index in [0.29, 0.717) is 17.1 Å². The number of pyridine rings is 1. The number of H-pyrrole nitrogens is 1. The highest BCUT2D eigenvalue weighted by molar-refractivity contribution is 5.99. The molecule has 1 atom stereocenters. The molecule has 16 heteroatoms. The summed E-state index contributed by atoms with van der Waals surface area (Å²) in [5.41, 5.74) is 11.3. The summed E-state index contributed by atoms with van der Waals surface area (Å²) in [6.45, 7) is 3.77. The molecule has 2 aromatic carbocycles. The van der Waals surface area contributed by atoms with Crippen molar-refractivity contribution in [3.05, 3.63) is 94.8 Å². The molecule has 0 fully saturated rings. The quantitative estimate of drug-likeness (QED) is 0.0563. The smallest absolute Gasteiger partial charge is 0.491 e. The van der Waals surface area contributed by atoms with Crippen molar-refractivity contribution >= 4 is 23.2 Å². The molecule has 1 unspecified atom stereocenters. The number of hydrogen-bond donors (Lipinski definition) is 5. The summed E-state index contributed by atoms with van der Waals surface area (Å²) in [6, 6.07) is 10.6. The van der Waals surface area contributed by atoms with E-state index < -0.39 is 35.5 Å². The van der Waals surface area contributed by atoms with Gasteiger partial charge < -0.3 is 31.0 Å². The van der Waals surface area contributed by atoms with Crippen LogP contribution in [0.25, 0.3) is 5.82 Å². The van der Waals surface area contributed by atoms with E-state index in [1.807, 2.05) is 0 Å². The van der Waals surface area contributed by atoms with E-state index in [2.05, 4.69) is 31.7 Å². The minimum absolute atomic E-state index is 0.0411. The summed E-state index contributed by atoms with van der Waals surface area (Å²) >= 11 is 0. The normalized spacial score (nSPS) is 11.8. The Balaban J connectivity index is 1.84. The molecule has 0 amide bonds. The number of halogens is 3. The number of nitrogens with one attached hydrogen (secondary N) is 3. The van der Waals surface area contributed by atoms with E-state index in [1.54, 1.807) is 24.3 Å². The second-order valence-corrected chi connectivity index (χ2v) is 8.74. The Kier molecular flexibility index (Phi) is 8.68. The topological polar surface area (TPSA) is 196 Å². The zero-order valence-corrected chi connectivity index (χ0v) is 22.4. The third-order valence-electron chi connectivity index (χ3n) is 5.82. The molecule has 224 valence electrons. The van der Waals surface area contributed by atoms with E-state index in [9.17, 15) is 22.8 Å². The lowest BCUT2D eigenvalue weighted by Gasteiger charge is -2.21. The van der Waals surface area contributed by atoms with E-state index in [1.165, 1.54) is 37.6 Å². The van der Waals surface area contributed by atoms with Gasteiger partial charge in [-0.2, -0.15) is 17.9 Å². The molecular weight excluding hydrogens is 573 g/mol. The van der Waals surface area contributed by atoms with Crippen molar-refractivity contribution in [1.82, 2.24) is 19.7 Å². The SMILES string of the molecule is C=CCOc1cc(C(Nc2ccc(C(=N)N)c(OC(=O)C(F)(F)F)c2)c2nn(-c3ncccc3N)c(=O)[nH]2)ccc1OC. The van der Waals surface area contributed by atoms with Crippen LogP contribution in [0.2, 0.25) is 0 Å². The van der Waals surface area contributed by atoms with E-state index >= 15 is 0 Å². The minimum atomic E-state index is -5.30. The average Bonchev–Trinajstić information content (AvgIpc) is 3.35. The molecule has 2 heterocycles. The number of alkyl halides is 3. The number of aromatic amines is 1. The van der Waals surface area contributed by atoms with Crippen LogP contribution < -0.4 is 36.7 Å². The predicted octanol–water partition coefficient (Wildman–Crippen LogP) is 3.06. The second-order valence-electron chi connectivity index (χ2n) is 8.74. The third-order valence-corrected chi connectivity index (χ3v) is 5.82. The van der Waals surface area contributed by atoms with Crippen LogP contribution in [0, 0.1) is 5.41 Å². The van der Waals surface area contributed by atoms with Gasteiger partial charge in [0.2, 0.25) is 0 Å². The molecule has 0 saturated carbocycles. The highest BCUT2D eigenvalue weighted by atomic mass is 19.4. The Morgan fingerprint density at radius 3 is 2.63 bits per heavy atom. The van der Waals surface area contributed by atoms with Crippen LogP contribution >= 0.6 is 0 Å². The van der Waals surface area contributed by atoms with Gasteiger partial charge in [0.15, 0.2) is 23.1 Å². The summed E-state index contributed by atoms with van der Waals surface area (Å²) in [4.78, 5) is 31.3. The maximum Gasteiger partial charge on any atom is 0.491 e. The van der Waals surface area contributed by atoms with Gasteiger partial charge in [0.1, 0.15) is 24.2 Å². The first-order chi connectivity index (χ1) is 20.4. The molecule has 0 bridgehead atoms. The van der Waals surface area contributed by atoms with E-state index in [0.717, 1.165) is 10.7 Å². The number of carbonyl (C=O) groups is 1. The fraction of sp³-hybridized carbons (Fsp3) is 0.148. The Morgan fingerprint density at radius 2 is 1.98 bits per heavy atom. The number of rotatable bonds is 11. The first kappa shape index (κ1) is 30.2. The van der Waals surface area contributed by atoms with Gasteiger partial charge >= 0.3 is 17.8 Å². The molecule has 4 rings (SSSR count). The number of carbonyl (C=O) groups excluding carboxylic acids is 1. The molecule has 0 aliphatic carbocycles. The number of esters is 1. The number of hydrogen-bond acceptors (Lipinski definition) is 10. The second kappa shape index (κ2) is 12.4. The maximum absolute atomic E-state index is 13.0. The van der Waals surface area contributed by atoms with Crippen molar-refractivity contribution in [2.24, 2.45) is 5.73 Å². The summed E-state index contributed by atoms with van der Waals surface area (Å²) < 4.78 is 55.4. The average molecular weight is 599 g/mol. The zero-order chi connectivity index (χ0) is 31.3. The highest BCUT2D eigenvalue weighted by Gasteiger charge is 2.42. The van der Waals surface area contributed by atoms with E-state index in [4.69, 9.17) is 26.4 Å². The summed E-state index contributed by atoms with van der Waals surface area (Å²) in [6.07, 6.45) is -2.35. The Hall–Kier alpha value is -5.80. The summed E-state index contributed by atoms with van der Waals surface area (Å²) in [7, 11) is 1.45. The van der Waals surface area contributed by atoms with Crippen LogP contribution in [0.5, 0.6) is 17.2 Å². The van der Waals surface area contributed by atoms with Crippen LogP contribution in [-0.2, 0) is 4.79 Å². The Labute approximate surface area is 241 Å². The zero-order valence-electron chi connectivity index (χ0n) is 22.4. The minimum Gasteiger partial charge on any atom is -0.493 e. The highest BCUT2D eigenvalue weighted by Crippen LogP contribution is 2.35. The van der Waals surface area contributed by atoms with Crippen molar-refractivity contribution in [1.29, 1.82) is 5.41 Å². The fourth-order valence-electron chi connectivity index (χ4n) is 3.89. The lowest BCUT2D eigenvalue weighted by Crippen LogP contribution is -2.29. The Bertz CT molecular complexity index is 1730. The molecule has 0 saturated heterocycles. The number of ether oxygens (including phenoxy) is 3. The lowest BCUT2D eigenvalue weighted by atomic mass is 10.0. The third kappa shape index (κ3) is 6.75. The van der Waals surface area contributed by atoms with Crippen LogP contribution in [-0.4, -0.2) is 51.4 Å². The standard InChI is InChI=1S/C27H25F3N8O5/c1-3-11-42-20-12-14(6-9-18(20)41-2)21(23-36-26(40)38(37-23)24-17(31)5-4-10-34-24)35-15-7-8-16(22(32)33)19(13-15)43-25(39)27(28,29)30/h3-10,12-13,21,35H,1,11,31H2,2H3,(H3,32,33)(H,36,37,40). The largest absolute Gasteiger partial charge is 0.493 e. The number of benzene rings is 2. The molecular formula is C27H25F3N8O5. The molecule has 2 aromatic heterocycles. The van der Waals surface area contributed by atoms with Crippen LogP contribution in [0.3, 0.4) is 0 Å². The summed E-state index contributed by atoms with van der Waals surface area (Å²) in [5, 5.41) is 15.1. The number of nitrogens with two attached hydrogens (primary N) is 2. The first-order valence-electron chi connectivity index (χ1n) is 12.3. The predicted molar refractivity (Wildman–Crippen MR) is 150 cm³/mol. The molecule has 43 heavy (non-hydrogen) atoms. The van der Waals surface area contributed by atoms with Gasteiger partial charge in [-0.3, -0.25) is 10.4 Å². The molecule has 4 aromatic rings. The van der Waals surface area contributed by atoms with Crippen LogP contribution in [0.4, 0.5) is 24.5 Å². The lowest BCUT2D eigenvalue weighted by molar-refractivity contribution is -0.189. The van der Waals surface area contributed by atoms with Crippen molar-refractivity contribution in [3.63, 3.8) is 0 Å². The fourth-order valence-corrected chi connectivity index (χ4v) is 3.89. The van der Waals surface area contributed by atoms with Gasteiger partial charge in [0.25, 0.3) is 0 Å². The molecule has 7 N–H and O–H groups in total. The van der Waals surface area contributed by atoms with Gasteiger partial charge in [0.05, 0.1) is 18.4 Å². The summed E-state index contributed by atoms with van der Waals surface area (Å²) in [5.74, 6) is -2.96. The maximum atomic E-state index is 13.0. The van der Waals surface area contributed by atoms with Crippen LogP contribution in [0.15, 0.2) is 72.2 Å². The number of aromatic nitrogens is 4. The van der Waals surface area contributed by atoms with Gasteiger partial charge in [-0.15, -0.1) is 5.10 Å². The van der Waals surface area contributed by atoms with Gasteiger partial charge in [-0.05, 0) is 42.0 Å². The van der Waals surface area contributed by atoms with Crippen molar-refractivity contribution in [2.45, 2.75) is 12.2 Å². The molecule has 0 radical (unpaired) electrons. The first-order valence-corrected chi connectivity index (χ1v) is 12.3. The van der Waals surface area contributed by atoms with Crippen LogP contribution in [0.1, 0.15) is 23.0 Å². The molecule has 0 aliphatic heterocycles. The number of anilines is 2. The van der Waals surface area contributed by atoms with Crippen molar-refractivity contribution in [2.75, 3.05) is 24.8 Å². The molecule has 13 nitrogen and oxygen atoms in total. The number of nitrogens with zero attached hydrogens (tertiary/aromatic N) is 3. The number of amidine groups is 1. The monoisotopic (exact) mass is 598 g/mol.